The van der Waals surface area contributed by atoms with E-state index in [0.717, 1.165) is 6.08 Å². The summed E-state index contributed by atoms with van der Waals surface area (Å²) in [5, 5.41) is 13.4. The SMILES string of the molecule is COc1cc(NNc2ccc(O)cc2)c(OC)cc1N/N=C1\C(=O)c2ccc(N)cc2C=C1S(=O)(=O)O. The van der Waals surface area contributed by atoms with E-state index in [2.05, 4.69) is 21.4 Å². The van der Waals surface area contributed by atoms with Gasteiger partial charge in [-0.1, -0.05) is 0 Å². The number of hydrogen-bond donors (Lipinski definition) is 6. The van der Waals surface area contributed by atoms with Gasteiger partial charge in [0, 0.05) is 23.4 Å². The van der Waals surface area contributed by atoms with E-state index in [9.17, 15) is 22.9 Å². The number of rotatable bonds is 8. The first kappa shape index (κ1) is 25.3. The summed E-state index contributed by atoms with van der Waals surface area (Å²) in [6.45, 7) is 0. The average molecular weight is 526 g/mol. The third kappa shape index (κ3) is 5.42. The molecule has 0 bridgehead atoms. The van der Waals surface area contributed by atoms with Gasteiger partial charge in [-0.2, -0.15) is 13.5 Å². The number of phenols is 1. The van der Waals surface area contributed by atoms with Gasteiger partial charge in [-0.3, -0.25) is 20.2 Å². The number of carbonyl (C=O) groups excluding carboxylic acids is 1. The van der Waals surface area contributed by atoms with Crippen molar-refractivity contribution in [1.29, 1.82) is 0 Å². The Morgan fingerprint density at radius 3 is 2.22 bits per heavy atom. The fourth-order valence-corrected chi connectivity index (χ4v) is 4.20. The number of aromatic hydroxyl groups is 1. The number of methoxy groups -OCH3 is 2. The van der Waals surface area contributed by atoms with E-state index in [1.807, 2.05) is 0 Å². The zero-order valence-electron chi connectivity index (χ0n) is 19.6. The molecule has 0 saturated carbocycles. The maximum absolute atomic E-state index is 13.1. The molecule has 0 saturated heterocycles. The van der Waals surface area contributed by atoms with Crippen molar-refractivity contribution in [2.24, 2.45) is 5.10 Å². The highest BCUT2D eigenvalue weighted by molar-refractivity contribution is 7.91. The molecule has 37 heavy (non-hydrogen) atoms. The number of allylic oxidation sites excluding steroid dienone is 1. The first-order valence-electron chi connectivity index (χ1n) is 10.6. The zero-order chi connectivity index (χ0) is 26.7. The van der Waals surface area contributed by atoms with Gasteiger partial charge < -0.3 is 25.7 Å². The molecule has 192 valence electrons. The molecular weight excluding hydrogens is 502 g/mol. The van der Waals surface area contributed by atoms with Crippen LogP contribution in [0.2, 0.25) is 0 Å². The number of nitrogens with zero attached hydrogens (tertiary/aromatic N) is 1. The highest BCUT2D eigenvalue weighted by atomic mass is 32.2. The lowest BCUT2D eigenvalue weighted by Crippen LogP contribution is -2.27. The summed E-state index contributed by atoms with van der Waals surface area (Å²) in [4.78, 5) is 12.4. The summed E-state index contributed by atoms with van der Waals surface area (Å²) in [6.07, 6.45) is 1.13. The van der Waals surface area contributed by atoms with Crippen molar-refractivity contribution >= 4 is 50.4 Å². The van der Waals surface area contributed by atoms with Gasteiger partial charge in [-0.15, -0.1) is 0 Å². The van der Waals surface area contributed by atoms with Gasteiger partial charge in [-0.25, -0.2) is 0 Å². The quantitative estimate of drug-likeness (QED) is 0.110. The lowest BCUT2D eigenvalue weighted by atomic mass is 9.94. The molecule has 0 aliphatic heterocycles. The first-order valence-corrected chi connectivity index (χ1v) is 12.1. The first-order chi connectivity index (χ1) is 17.6. The molecule has 1 aliphatic carbocycles. The van der Waals surface area contributed by atoms with Crippen molar-refractivity contribution < 1.29 is 32.3 Å². The van der Waals surface area contributed by atoms with Gasteiger partial charge in [0.25, 0.3) is 10.1 Å². The van der Waals surface area contributed by atoms with Crippen LogP contribution in [0.25, 0.3) is 6.08 Å². The number of hydrazine groups is 1. The largest absolute Gasteiger partial charge is 0.508 e. The Hall–Kier alpha value is -4.75. The van der Waals surface area contributed by atoms with E-state index >= 15 is 0 Å². The number of anilines is 4. The molecule has 0 amide bonds. The average Bonchev–Trinajstić information content (AvgIpc) is 2.86. The van der Waals surface area contributed by atoms with Gasteiger partial charge in [-0.05, 0) is 54.1 Å². The predicted molar refractivity (Wildman–Crippen MR) is 141 cm³/mol. The monoisotopic (exact) mass is 525 g/mol. The molecule has 3 aromatic carbocycles. The zero-order valence-corrected chi connectivity index (χ0v) is 20.5. The Labute approximate surface area is 212 Å². The molecule has 0 aromatic heterocycles. The van der Waals surface area contributed by atoms with E-state index in [0.29, 0.717) is 22.8 Å². The maximum Gasteiger partial charge on any atom is 0.296 e. The molecule has 4 rings (SSSR count). The predicted octanol–water partition coefficient (Wildman–Crippen LogP) is 3.32. The third-order valence-corrected chi connectivity index (χ3v) is 6.22. The molecule has 7 N–H and O–H groups in total. The number of ketones is 1. The Morgan fingerprint density at radius 2 is 1.57 bits per heavy atom. The fraction of sp³-hybridized carbons (Fsp3) is 0.0833. The Morgan fingerprint density at radius 1 is 0.919 bits per heavy atom. The molecule has 3 aromatic rings. The molecule has 13 heteroatoms. The number of ether oxygens (including phenoxy) is 2. The summed E-state index contributed by atoms with van der Waals surface area (Å²) in [5.41, 5.74) is 15.9. The summed E-state index contributed by atoms with van der Waals surface area (Å²) in [5.74, 6) is 0.0166. The van der Waals surface area contributed by atoms with Crippen molar-refractivity contribution in [3.05, 3.63) is 70.6 Å². The van der Waals surface area contributed by atoms with E-state index in [-0.39, 0.29) is 28.3 Å². The second kappa shape index (κ2) is 10.1. The molecule has 12 nitrogen and oxygen atoms in total. The smallest absolute Gasteiger partial charge is 0.296 e. The van der Waals surface area contributed by atoms with E-state index in [4.69, 9.17) is 15.2 Å². The van der Waals surface area contributed by atoms with Gasteiger partial charge in [0.05, 0.1) is 25.6 Å². The van der Waals surface area contributed by atoms with E-state index < -0.39 is 26.5 Å². The minimum Gasteiger partial charge on any atom is -0.508 e. The number of phenolic OH excluding ortho intramolecular Hbond substituents is 1. The van der Waals surface area contributed by atoms with Gasteiger partial charge >= 0.3 is 0 Å². The molecule has 1 aliphatic rings. The van der Waals surface area contributed by atoms with Crippen LogP contribution in [0.5, 0.6) is 17.2 Å². The number of fused-ring (bicyclic) bond motifs is 1. The number of nitrogens with two attached hydrogens (primary N) is 1. The number of benzene rings is 3. The van der Waals surface area contributed by atoms with E-state index in [1.165, 1.54) is 50.6 Å². The molecule has 0 radical (unpaired) electrons. The second-order valence-electron chi connectivity index (χ2n) is 7.78. The van der Waals surface area contributed by atoms with E-state index in [1.54, 1.807) is 18.2 Å². The molecule has 0 heterocycles. The second-order valence-corrected chi connectivity index (χ2v) is 9.17. The molecule has 0 fully saturated rings. The van der Waals surface area contributed by atoms with Crippen LogP contribution in [0.4, 0.5) is 22.7 Å². The van der Waals surface area contributed by atoms with Crippen LogP contribution >= 0.6 is 0 Å². The molecule has 0 atom stereocenters. The summed E-state index contributed by atoms with van der Waals surface area (Å²) < 4.78 is 44.7. The molecule has 0 spiro atoms. The van der Waals surface area contributed by atoms with Crippen molar-refractivity contribution in [3.8, 4) is 17.2 Å². The summed E-state index contributed by atoms with van der Waals surface area (Å²) >= 11 is 0. The Balaban J connectivity index is 1.67. The summed E-state index contributed by atoms with van der Waals surface area (Å²) in [6, 6.07) is 13.8. The van der Waals surface area contributed by atoms with Crippen molar-refractivity contribution in [3.63, 3.8) is 0 Å². The highest BCUT2D eigenvalue weighted by Gasteiger charge is 2.33. The fourth-order valence-electron chi connectivity index (χ4n) is 3.54. The van der Waals surface area contributed by atoms with Gasteiger partial charge in [0.2, 0.25) is 5.78 Å². The highest BCUT2D eigenvalue weighted by Crippen LogP contribution is 2.37. The van der Waals surface area contributed by atoms with Gasteiger partial charge in [0.1, 0.15) is 27.8 Å². The van der Waals surface area contributed by atoms with Crippen LogP contribution in [0.15, 0.2) is 64.6 Å². The van der Waals surface area contributed by atoms with Crippen LogP contribution in [-0.4, -0.2) is 43.8 Å². The minimum absolute atomic E-state index is 0.123. The molecular formula is C24H23N5O7S. The molecule has 0 unspecified atom stereocenters. The topological polar surface area (TPSA) is 185 Å². The van der Waals surface area contributed by atoms with Crippen LogP contribution < -0.4 is 31.5 Å². The number of carbonyl (C=O) groups is 1. The number of hydrogen-bond acceptors (Lipinski definition) is 11. The Bertz CT molecular complexity index is 1530. The number of nitrogens with one attached hydrogen (secondary N) is 3. The van der Waals surface area contributed by atoms with Crippen molar-refractivity contribution in [2.75, 3.05) is 36.2 Å². The van der Waals surface area contributed by atoms with Crippen molar-refractivity contribution in [1.82, 2.24) is 0 Å². The number of Topliss-reactive ketones (excluding diaryl/α,β-unsaturated/α-hetero) is 1. The number of nitrogen functional groups attached to an aromatic ring is 1. The lowest BCUT2D eigenvalue weighted by Gasteiger charge is -2.18. The maximum atomic E-state index is 13.1. The van der Waals surface area contributed by atoms with Crippen LogP contribution in [-0.2, 0) is 10.1 Å². The van der Waals surface area contributed by atoms with Gasteiger partial charge in [0.15, 0.2) is 5.71 Å². The normalized spacial score (nSPS) is 14.0. The Kier molecular flexibility index (Phi) is 6.91. The summed E-state index contributed by atoms with van der Waals surface area (Å²) in [7, 11) is -1.95. The van der Waals surface area contributed by atoms with Crippen LogP contribution in [0.1, 0.15) is 15.9 Å². The standard InChI is InChI=1S/C24H23N5O7S/c1-35-20-12-19(21(36-2)11-18(20)27-26-15-4-6-16(30)7-5-15)28-29-23-22(37(32,33)34)10-13-9-14(25)3-8-17(13)24(23)31/h3-12,26-28,30H,25H2,1-2H3,(H,32,33,34)/b29-23-. The van der Waals surface area contributed by atoms with Crippen molar-refractivity contribution in [2.45, 2.75) is 0 Å². The van der Waals surface area contributed by atoms with Crippen LogP contribution in [0, 0.1) is 0 Å². The lowest BCUT2D eigenvalue weighted by molar-refractivity contribution is 0.106. The minimum atomic E-state index is -4.80. The van der Waals surface area contributed by atoms with Crippen LogP contribution in [0.3, 0.4) is 0 Å². The third-order valence-electron chi connectivity index (χ3n) is 5.35. The number of hydrazone groups is 1.